The van der Waals surface area contributed by atoms with Crippen LogP contribution in [-0.4, -0.2) is 35.6 Å². The quantitative estimate of drug-likeness (QED) is 0.534. The molecule has 0 unspecified atom stereocenters. The average molecular weight is 402 g/mol. The van der Waals surface area contributed by atoms with Gasteiger partial charge in [0, 0.05) is 30.6 Å². The maximum Gasteiger partial charge on any atom is 0.223 e. The Labute approximate surface area is 165 Å². The zero-order chi connectivity index (χ0) is 18.2. The number of carbonyl (C=O) groups is 1. The van der Waals surface area contributed by atoms with E-state index in [1.807, 2.05) is 6.07 Å². The van der Waals surface area contributed by atoms with E-state index in [-0.39, 0.29) is 11.8 Å². The number of nitrogens with one attached hydrogen (secondary N) is 2. The van der Waals surface area contributed by atoms with Crippen LogP contribution in [0.3, 0.4) is 0 Å². The summed E-state index contributed by atoms with van der Waals surface area (Å²) in [6, 6.07) is 5.27. The van der Waals surface area contributed by atoms with Crippen LogP contribution in [-0.2, 0) is 4.79 Å². The van der Waals surface area contributed by atoms with E-state index in [9.17, 15) is 4.79 Å². The smallest absolute Gasteiger partial charge is 0.223 e. The number of hydrogen-bond acceptors (Lipinski definition) is 2. The minimum Gasteiger partial charge on any atom is -0.356 e. The Hall–Kier alpha value is -1.04. The molecule has 2 rings (SSSR count). The molecule has 0 bridgehead atoms. The van der Waals surface area contributed by atoms with Gasteiger partial charge in [-0.3, -0.25) is 4.79 Å². The zero-order valence-electron chi connectivity index (χ0n) is 14.5. The molecular formula is C18H25Cl2N3OS. The van der Waals surface area contributed by atoms with Gasteiger partial charge in [-0.25, -0.2) is 0 Å². The van der Waals surface area contributed by atoms with E-state index in [4.69, 9.17) is 35.4 Å². The maximum absolute atomic E-state index is 12.2. The van der Waals surface area contributed by atoms with Gasteiger partial charge in [-0.05, 0) is 49.7 Å². The maximum atomic E-state index is 12.2. The normalized spacial score (nSPS) is 15.1. The number of amides is 1. The second-order valence-corrected chi connectivity index (χ2v) is 7.54. The number of benzene rings is 1. The van der Waals surface area contributed by atoms with Gasteiger partial charge < -0.3 is 15.5 Å². The molecule has 0 radical (unpaired) electrons. The van der Waals surface area contributed by atoms with E-state index < -0.39 is 0 Å². The largest absolute Gasteiger partial charge is 0.356 e. The molecule has 2 N–H and O–H groups in total. The number of piperidine rings is 1. The van der Waals surface area contributed by atoms with Crippen molar-refractivity contribution < 1.29 is 4.79 Å². The van der Waals surface area contributed by atoms with E-state index in [0.717, 1.165) is 57.4 Å². The van der Waals surface area contributed by atoms with Crippen LogP contribution in [0, 0.1) is 5.92 Å². The molecule has 1 heterocycles. The number of anilines is 1. The first-order valence-electron chi connectivity index (χ1n) is 8.80. The second kappa shape index (κ2) is 10.2. The van der Waals surface area contributed by atoms with Crippen molar-refractivity contribution in [1.29, 1.82) is 0 Å². The van der Waals surface area contributed by atoms with Gasteiger partial charge in [-0.15, -0.1) is 0 Å². The number of hydrogen-bond donors (Lipinski definition) is 2. The summed E-state index contributed by atoms with van der Waals surface area (Å²) in [5.74, 6) is 0.259. The monoisotopic (exact) mass is 401 g/mol. The molecule has 1 aromatic carbocycles. The van der Waals surface area contributed by atoms with Gasteiger partial charge in [-0.1, -0.05) is 43.0 Å². The Balaban J connectivity index is 1.77. The lowest BCUT2D eigenvalue weighted by Gasteiger charge is -2.33. The average Bonchev–Trinajstić information content (AvgIpc) is 2.61. The van der Waals surface area contributed by atoms with Crippen LogP contribution < -0.4 is 10.6 Å². The summed E-state index contributed by atoms with van der Waals surface area (Å²) in [5, 5.41) is 7.97. The summed E-state index contributed by atoms with van der Waals surface area (Å²) in [6.07, 6.45) is 5.00. The van der Waals surface area contributed by atoms with Crippen molar-refractivity contribution in [3.63, 3.8) is 0 Å². The summed E-state index contributed by atoms with van der Waals surface area (Å²) in [6.45, 7) is 4.47. The highest BCUT2D eigenvalue weighted by Crippen LogP contribution is 2.26. The van der Waals surface area contributed by atoms with E-state index in [1.165, 1.54) is 0 Å². The fourth-order valence-corrected chi connectivity index (χ4v) is 3.61. The van der Waals surface area contributed by atoms with Crippen molar-refractivity contribution in [3.05, 3.63) is 28.2 Å². The van der Waals surface area contributed by atoms with Gasteiger partial charge in [-0.2, -0.15) is 0 Å². The van der Waals surface area contributed by atoms with Crippen LogP contribution >= 0.6 is 35.4 Å². The van der Waals surface area contributed by atoms with Crippen molar-refractivity contribution in [1.82, 2.24) is 10.2 Å². The summed E-state index contributed by atoms with van der Waals surface area (Å²) >= 11 is 17.6. The molecule has 0 atom stereocenters. The van der Waals surface area contributed by atoms with Gasteiger partial charge in [0.2, 0.25) is 5.91 Å². The minimum atomic E-state index is 0.0831. The topological polar surface area (TPSA) is 44.4 Å². The fourth-order valence-electron chi connectivity index (χ4n) is 2.86. The number of nitrogens with zero attached hydrogens (tertiary/aromatic N) is 1. The number of unbranched alkanes of at least 4 members (excludes halogenated alkanes) is 2. The molecule has 0 aliphatic carbocycles. The van der Waals surface area contributed by atoms with Crippen molar-refractivity contribution in [2.24, 2.45) is 5.92 Å². The number of halogens is 2. The van der Waals surface area contributed by atoms with Gasteiger partial charge in [0.15, 0.2) is 5.11 Å². The molecule has 1 saturated heterocycles. The van der Waals surface area contributed by atoms with Crippen molar-refractivity contribution in [3.8, 4) is 0 Å². The van der Waals surface area contributed by atoms with E-state index in [2.05, 4.69) is 22.5 Å². The van der Waals surface area contributed by atoms with Crippen LogP contribution in [0.25, 0.3) is 0 Å². The minimum absolute atomic E-state index is 0.0831. The third-order valence-electron chi connectivity index (χ3n) is 4.41. The van der Waals surface area contributed by atoms with E-state index >= 15 is 0 Å². The van der Waals surface area contributed by atoms with E-state index in [1.54, 1.807) is 12.1 Å². The molecule has 0 aromatic heterocycles. The van der Waals surface area contributed by atoms with Gasteiger partial charge in [0.25, 0.3) is 0 Å². The number of carbonyl (C=O) groups excluding carboxylic acids is 1. The highest BCUT2D eigenvalue weighted by Gasteiger charge is 2.26. The van der Waals surface area contributed by atoms with Gasteiger partial charge in [0.1, 0.15) is 0 Å². The van der Waals surface area contributed by atoms with Crippen LogP contribution in [0.2, 0.25) is 10.0 Å². The standard InChI is InChI=1S/C18H25Cl2N3OS/c1-2-3-4-9-21-17(24)13-7-10-23(11-8-13)18(25)22-16-6-5-14(19)12-15(16)20/h5-6,12-13H,2-4,7-11H2,1H3,(H,21,24)(H,22,25). The number of rotatable bonds is 6. The predicted octanol–water partition coefficient (Wildman–Crippen LogP) is 4.71. The van der Waals surface area contributed by atoms with Crippen LogP contribution in [0.1, 0.15) is 39.0 Å². The SMILES string of the molecule is CCCCCNC(=O)C1CCN(C(=S)Nc2ccc(Cl)cc2Cl)CC1. The first-order chi connectivity index (χ1) is 12.0. The van der Waals surface area contributed by atoms with Gasteiger partial charge >= 0.3 is 0 Å². The van der Waals surface area contributed by atoms with Crippen LogP contribution in [0.5, 0.6) is 0 Å². The van der Waals surface area contributed by atoms with E-state index in [0.29, 0.717) is 15.2 Å². The van der Waals surface area contributed by atoms with Crippen LogP contribution in [0.15, 0.2) is 18.2 Å². The highest BCUT2D eigenvalue weighted by molar-refractivity contribution is 7.80. The molecule has 0 spiro atoms. The summed E-state index contributed by atoms with van der Waals surface area (Å²) in [7, 11) is 0. The lowest BCUT2D eigenvalue weighted by atomic mass is 9.96. The fraction of sp³-hybridized carbons (Fsp3) is 0.556. The Morgan fingerprint density at radius 1 is 1.28 bits per heavy atom. The molecule has 1 aromatic rings. The van der Waals surface area contributed by atoms with Crippen molar-refractivity contribution >= 4 is 52.1 Å². The molecule has 1 aliphatic heterocycles. The summed E-state index contributed by atoms with van der Waals surface area (Å²) < 4.78 is 0. The molecule has 1 fully saturated rings. The van der Waals surface area contributed by atoms with Crippen molar-refractivity contribution in [2.45, 2.75) is 39.0 Å². The first-order valence-corrected chi connectivity index (χ1v) is 9.96. The number of thiocarbonyl (C=S) groups is 1. The Bertz CT molecular complexity index is 604. The molecule has 7 heteroatoms. The third-order valence-corrected chi connectivity index (χ3v) is 5.31. The predicted molar refractivity (Wildman–Crippen MR) is 110 cm³/mol. The second-order valence-electron chi connectivity index (χ2n) is 6.31. The molecule has 25 heavy (non-hydrogen) atoms. The molecule has 1 amide bonds. The Kier molecular flexibility index (Phi) is 8.27. The summed E-state index contributed by atoms with van der Waals surface area (Å²) in [4.78, 5) is 14.3. The molecule has 4 nitrogen and oxygen atoms in total. The molecular weight excluding hydrogens is 377 g/mol. The number of likely N-dealkylation sites (tertiary alicyclic amines) is 1. The molecule has 0 saturated carbocycles. The first kappa shape index (κ1) is 20.3. The Morgan fingerprint density at radius 3 is 2.64 bits per heavy atom. The highest BCUT2D eigenvalue weighted by atomic mass is 35.5. The molecule has 1 aliphatic rings. The van der Waals surface area contributed by atoms with Crippen LogP contribution in [0.4, 0.5) is 5.69 Å². The Morgan fingerprint density at radius 2 is 2.00 bits per heavy atom. The zero-order valence-corrected chi connectivity index (χ0v) is 16.8. The third kappa shape index (κ3) is 6.32. The molecule has 138 valence electrons. The van der Waals surface area contributed by atoms with Crippen molar-refractivity contribution in [2.75, 3.05) is 25.0 Å². The summed E-state index contributed by atoms with van der Waals surface area (Å²) in [5.41, 5.74) is 0.742. The van der Waals surface area contributed by atoms with Gasteiger partial charge in [0.05, 0.1) is 10.7 Å². The lowest BCUT2D eigenvalue weighted by Crippen LogP contribution is -2.44. The lowest BCUT2D eigenvalue weighted by molar-refractivity contribution is -0.126.